The second-order valence-corrected chi connectivity index (χ2v) is 5.37. The van der Waals surface area contributed by atoms with E-state index in [4.69, 9.17) is 9.47 Å². The molecule has 1 aromatic rings. The standard InChI is InChI=1S/C13H18O2Se/c1-3-5-11-15-13(14-4-2)16-12-9-7-6-8-10-12/h3,5-10,13H,4,11H2,1-2H3/b5-3+. The third kappa shape index (κ3) is 5.47. The van der Waals surface area contributed by atoms with Gasteiger partial charge in [0.1, 0.15) is 0 Å². The number of ether oxygens (including phenoxy) is 2. The molecular formula is C13H18O2Se. The van der Waals surface area contributed by atoms with E-state index < -0.39 is 0 Å². The summed E-state index contributed by atoms with van der Waals surface area (Å²) in [4.78, 5) is 0. The molecule has 1 rings (SSSR count). The Kier molecular flexibility index (Phi) is 7.19. The van der Waals surface area contributed by atoms with Crippen molar-refractivity contribution in [1.82, 2.24) is 0 Å². The fourth-order valence-corrected chi connectivity index (χ4v) is 2.95. The summed E-state index contributed by atoms with van der Waals surface area (Å²) in [6, 6.07) is 10.4. The average Bonchev–Trinajstić information content (AvgIpc) is 2.31. The van der Waals surface area contributed by atoms with Crippen LogP contribution in [0.5, 0.6) is 0 Å². The van der Waals surface area contributed by atoms with E-state index in [1.807, 2.05) is 44.2 Å². The van der Waals surface area contributed by atoms with Crippen molar-refractivity contribution in [3.05, 3.63) is 42.5 Å². The van der Waals surface area contributed by atoms with Crippen LogP contribution in [0.3, 0.4) is 0 Å². The van der Waals surface area contributed by atoms with Crippen LogP contribution in [0.1, 0.15) is 13.8 Å². The topological polar surface area (TPSA) is 18.5 Å². The van der Waals surface area contributed by atoms with Crippen molar-refractivity contribution in [1.29, 1.82) is 0 Å². The molecule has 1 aromatic carbocycles. The Morgan fingerprint density at radius 3 is 2.62 bits per heavy atom. The summed E-state index contributed by atoms with van der Waals surface area (Å²) in [5.74, 6) is 0. The molecular weight excluding hydrogens is 267 g/mol. The zero-order chi connectivity index (χ0) is 11.6. The first-order valence-corrected chi connectivity index (χ1v) is 7.27. The van der Waals surface area contributed by atoms with Crippen LogP contribution >= 0.6 is 0 Å². The van der Waals surface area contributed by atoms with Gasteiger partial charge < -0.3 is 0 Å². The van der Waals surface area contributed by atoms with E-state index in [2.05, 4.69) is 12.1 Å². The first kappa shape index (κ1) is 13.5. The van der Waals surface area contributed by atoms with Crippen molar-refractivity contribution in [2.45, 2.75) is 19.0 Å². The quantitative estimate of drug-likeness (QED) is 0.433. The van der Waals surface area contributed by atoms with Crippen molar-refractivity contribution in [3.8, 4) is 0 Å². The molecule has 88 valence electrons. The third-order valence-electron chi connectivity index (χ3n) is 1.84. The van der Waals surface area contributed by atoms with Gasteiger partial charge in [0.25, 0.3) is 0 Å². The van der Waals surface area contributed by atoms with Gasteiger partial charge in [-0.2, -0.15) is 0 Å². The Hall–Kier alpha value is -0.601. The van der Waals surface area contributed by atoms with E-state index >= 15 is 0 Å². The first-order chi connectivity index (χ1) is 7.86. The van der Waals surface area contributed by atoms with Crippen LogP contribution < -0.4 is 4.46 Å². The maximum absolute atomic E-state index is 5.65. The molecule has 0 spiro atoms. The van der Waals surface area contributed by atoms with Gasteiger partial charge in [0.05, 0.1) is 0 Å². The fourth-order valence-electron chi connectivity index (χ4n) is 1.09. The Labute approximate surface area is 104 Å². The Bertz CT molecular complexity index is 298. The van der Waals surface area contributed by atoms with Crippen molar-refractivity contribution < 1.29 is 9.47 Å². The van der Waals surface area contributed by atoms with Crippen LogP contribution in [0.25, 0.3) is 0 Å². The molecule has 1 unspecified atom stereocenters. The second-order valence-electron chi connectivity index (χ2n) is 3.08. The van der Waals surface area contributed by atoms with Crippen LogP contribution in [-0.2, 0) is 9.47 Å². The molecule has 0 heterocycles. The molecule has 0 bridgehead atoms. The predicted molar refractivity (Wildman–Crippen MR) is 68.0 cm³/mol. The SMILES string of the molecule is C/C=C/COC(OCC)[Se]c1ccccc1. The van der Waals surface area contributed by atoms with Crippen LogP contribution in [0, 0.1) is 0 Å². The number of hydrogen-bond donors (Lipinski definition) is 0. The van der Waals surface area contributed by atoms with Crippen LogP contribution in [-0.4, -0.2) is 33.4 Å². The van der Waals surface area contributed by atoms with E-state index in [1.54, 1.807) is 0 Å². The molecule has 0 aromatic heterocycles. The monoisotopic (exact) mass is 286 g/mol. The van der Waals surface area contributed by atoms with E-state index in [1.165, 1.54) is 4.46 Å². The second kappa shape index (κ2) is 8.54. The van der Waals surface area contributed by atoms with Crippen LogP contribution in [0.2, 0.25) is 0 Å². The van der Waals surface area contributed by atoms with Gasteiger partial charge in [-0.05, 0) is 0 Å². The number of hydrogen-bond acceptors (Lipinski definition) is 2. The number of rotatable bonds is 7. The Balaban J connectivity index is 2.44. The summed E-state index contributed by atoms with van der Waals surface area (Å²) in [5, 5.41) is -0.0869. The summed E-state index contributed by atoms with van der Waals surface area (Å²) in [5.41, 5.74) is 0. The Morgan fingerprint density at radius 1 is 1.25 bits per heavy atom. The normalized spacial score (nSPS) is 13.1. The van der Waals surface area contributed by atoms with Gasteiger partial charge in [-0.3, -0.25) is 0 Å². The zero-order valence-corrected chi connectivity index (χ0v) is 11.5. The van der Waals surface area contributed by atoms with Gasteiger partial charge in [-0.1, -0.05) is 0 Å². The molecule has 0 saturated carbocycles. The summed E-state index contributed by atoms with van der Waals surface area (Å²) < 4.78 is 12.5. The minimum atomic E-state index is -0.0869. The van der Waals surface area contributed by atoms with Gasteiger partial charge in [-0.25, -0.2) is 0 Å². The van der Waals surface area contributed by atoms with Crippen LogP contribution in [0.15, 0.2) is 42.5 Å². The van der Waals surface area contributed by atoms with Gasteiger partial charge in [0.15, 0.2) is 0 Å². The molecule has 0 amide bonds. The zero-order valence-electron chi connectivity index (χ0n) is 9.76. The van der Waals surface area contributed by atoms with Gasteiger partial charge in [0, 0.05) is 0 Å². The Morgan fingerprint density at radius 2 is 2.00 bits per heavy atom. The van der Waals surface area contributed by atoms with Crippen LogP contribution in [0.4, 0.5) is 0 Å². The summed E-state index contributed by atoms with van der Waals surface area (Å²) >= 11 is 0.207. The van der Waals surface area contributed by atoms with Gasteiger partial charge >= 0.3 is 104 Å². The predicted octanol–water partition coefficient (Wildman–Crippen LogP) is 1.93. The van der Waals surface area contributed by atoms with Crippen molar-refractivity contribution in [2.24, 2.45) is 0 Å². The molecule has 0 radical (unpaired) electrons. The average molecular weight is 285 g/mol. The maximum atomic E-state index is 5.65. The number of benzene rings is 1. The number of allylic oxidation sites excluding steroid dienone is 1. The molecule has 0 saturated heterocycles. The summed E-state index contributed by atoms with van der Waals surface area (Å²) in [6.07, 6.45) is 3.98. The minimum absolute atomic E-state index is 0.0869. The molecule has 2 nitrogen and oxygen atoms in total. The van der Waals surface area contributed by atoms with Gasteiger partial charge in [-0.15, -0.1) is 0 Å². The van der Waals surface area contributed by atoms with Crippen molar-refractivity contribution in [3.63, 3.8) is 0 Å². The van der Waals surface area contributed by atoms with E-state index in [-0.39, 0.29) is 20.1 Å². The van der Waals surface area contributed by atoms with Crippen molar-refractivity contribution >= 4 is 19.4 Å². The fraction of sp³-hybridized carbons (Fsp3) is 0.385. The molecule has 0 fully saturated rings. The molecule has 0 aliphatic carbocycles. The molecule has 1 atom stereocenters. The molecule has 0 aliphatic heterocycles. The van der Waals surface area contributed by atoms with Gasteiger partial charge in [0.2, 0.25) is 0 Å². The molecule has 3 heteroatoms. The first-order valence-electron chi connectivity index (χ1n) is 5.43. The molecule has 0 N–H and O–H groups in total. The van der Waals surface area contributed by atoms with E-state index in [0.717, 1.165) is 0 Å². The van der Waals surface area contributed by atoms with Crippen molar-refractivity contribution in [2.75, 3.05) is 13.2 Å². The summed E-state index contributed by atoms with van der Waals surface area (Å²) in [6.45, 7) is 5.29. The third-order valence-corrected chi connectivity index (χ3v) is 3.96. The van der Waals surface area contributed by atoms with E-state index in [0.29, 0.717) is 13.2 Å². The van der Waals surface area contributed by atoms with E-state index in [9.17, 15) is 0 Å². The summed E-state index contributed by atoms with van der Waals surface area (Å²) in [7, 11) is 0. The molecule has 16 heavy (non-hydrogen) atoms. The molecule has 0 aliphatic rings.